The van der Waals surface area contributed by atoms with Crippen molar-refractivity contribution in [3.05, 3.63) is 57.5 Å². The number of hydrogen-bond acceptors (Lipinski definition) is 1. The quantitative estimate of drug-likeness (QED) is 0.562. The Balaban J connectivity index is 0.00000180. The van der Waals surface area contributed by atoms with Crippen LogP contribution in [0.4, 0.5) is 11.4 Å². The van der Waals surface area contributed by atoms with Gasteiger partial charge in [0.15, 0.2) is 5.96 Å². The lowest BCUT2D eigenvalue weighted by atomic mass is 10.3. The van der Waals surface area contributed by atoms with Gasteiger partial charge in [0.1, 0.15) is 0 Å². The third-order valence-corrected chi connectivity index (χ3v) is 3.25. The van der Waals surface area contributed by atoms with Gasteiger partial charge in [0, 0.05) is 14.6 Å². The van der Waals surface area contributed by atoms with E-state index < -0.39 is 0 Å². The molecule has 0 bridgehead atoms. The van der Waals surface area contributed by atoms with Crippen LogP contribution in [-0.2, 0) is 0 Å². The van der Waals surface area contributed by atoms with E-state index in [1.54, 1.807) is 0 Å². The zero-order valence-corrected chi connectivity index (χ0v) is 13.8. The van der Waals surface area contributed by atoms with Crippen molar-refractivity contribution >= 4 is 61.6 Å². The van der Waals surface area contributed by atoms with Crippen molar-refractivity contribution in [1.82, 2.24) is 0 Å². The molecule has 100 valence electrons. The highest BCUT2D eigenvalue weighted by Gasteiger charge is 1.96. The number of halogens is 3. The van der Waals surface area contributed by atoms with Gasteiger partial charge < -0.3 is 11.1 Å². The smallest absolute Gasteiger partial charge is 0.198 e. The minimum absolute atomic E-state index is 0. The highest BCUT2D eigenvalue weighted by atomic mass is 79.9. The van der Waals surface area contributed by atoms with Gasteiger partial charge in [0.2, 0.25) is 0 Å². The predicted octanol–water partition coefficient (Wildman–Crippen LogP) is 4.69. The van der Waals surface area contributed by atoms with Crippen molar-refractivity contribution in [3.8, 4) is 0 Å². The summed E-state index contributed by atoms with van der Waals surface area (Å²) in [5, 5.41) is 3.03. The summed E-state index contributed by atoms with van der Waals surface area (Å²) in [6.45, 7) is 0. The number of anilines is 1. The molecule has 0 aliphatic rings. The molecule has 0 saturated heterocycles. The van der Waals surface area contributed by atoms with E-state index in [-0.39, 0.29) is 12.4 Å². The molecular formula is C13H12Br2ClN3. The Kier molecular flexibility index (Phi) is 6.34. The van der Waals surface area contributed by atoms with Gasteiger partial charge in [-0.3, -0.25) is 0 Å². The van der Waals surface area contributed by atoms with E-state index >= 15 is 0 Å². The summed E-state index contributed by atoms with van der Waals surface area (Å²) in [5.41, 5.74) is 7.53. The maximum atomic E-state index is 5.83. The predicted molar refractivity (Wildman–Crippen MR) is 90.4 cm³/mol. The van der Waals surface area contributed by atoms with E-state index in [4.69, 9.17) is 5.73 Å². The maximum absolute atomic E-state index is 5.83. The van der Waals surface area contributed by atoms with Crippen LogP contribution in [0.2, 0.25) is 0 Å². The van der Waals surface area contributed by atoms with Gasteiger partial charge in [-0.05, 0) is 48.5 Å². The van der Waals surface area contributed by atoms with Gasteiger partial charge >= 0.3 is 0 Å². The molecule has 0 heterocycles. The average molecular weight is 406 g/mol. The van der Waals surface area contributed by atoms with Crippen molar-refractivity contribution in [1.29, 1.82) is 0 Å². The van der Waals surface area contributed by atoms with Crippen LogP contribution >= 0.6 is 44.3 Å². The number of nitrogens with zero attached hydrogens (tertiary/aromatic N) is 1. The summed E-state index contributed by atoms with van der Waals surface area (Å²) in [5.74, 6) is 0.361. The second-order valence-electron chi connectivity index (χ2n) is 3.61. The van der Waals surface area contributed by atoms with Gasteiger partial charge in [-0.15, -0.1) is 12.4 Å². The minimum Gasteiger partial charge on any atom is -0.369 e. The van der Waals surface area contributed by atoms with E-state index in [0.717, 1.165) is 20.3 Å². The Hall–Kier alpha value is -1.04. The Bertz CT molecular complexity index is 553. The molecule has 0 radical (unpaired) electrons. The summed E-state index contributed by atoms with van der Waals surface area (Å²) in [4.78, 5) is 4.27. The van der Waals surface area contributed by atoms with Crippen LogP contribution < -0.4 is 11.1 Å². The fraction of sp³-hybridized carbons (Fsp3) is 0. The van der Waals surface area contributed by atoms with Crippen molar-refractivity contribution < 1.29 is 0 Å². The molecule has 0 unspecified atom stereocenters. The summed E-state index contributed by atoms with van der Waals surface area (Å²) in [6, 6.07) is 15.4. The van der Waals surface area contributed by atoms with E-state index in [0.29, 0.717) is 5.96 Å². The molecule has 3 nitrogen and oxygen atoms in total. The molecule has 0 fully saturated rings. The monoisotopic (exact) mass is 403 g/mol. The Morgan fingerprint density at radius 1 is 0.895 bits per heavy atom. The van der Waals surface area contributed by atoms with Crippen molar-refractivity contribution in [3.63, 3.8) is 0 Å². The lowest BCUT2D eigenvalue weighted by Crippen LogP contribution is -2.21. The molecule has 0 aliphatic carbocycles. The molecule has 2 aromatic carbocycles. The summed E-state index contributed by atoms with van der Waals surface area (Å²) in [6.07, 6.45) is 0. The topological polar surface area (TPSA) is 50.4 Å². The Labute approximate surface area is 135 Å². The number of guanidine groups is 1. The summed E-state index contributed by atoms with van der Waals surface area (Å²) in [7, 11) is 0. The zero-order chi connectivity index (χ0) is 13.0. The van der Waals surface area contributed by atoms with Crippen LogP contribution in [0.25, 0.3) is 0 Å². The molecule has 0 amide bonds. The van der Waals surface area contributed by atoms with Crippen LogP contribution in [0.15, 0.2) is 62.5 Å². The normalized spacial score (nSPS) is 10.7. The Morgan fingerprint density at radius 3 is 1.89 bits per heavy atom. The first-order valence-corrected chi connectivity index (χ1v) is 6.84. The molecule has 19 heavy (non-hydrogen) atoms. The molecule has 2 aromatic rings. The number of aliphatic imine (C=N–C) groups is 1. The SMILES string of the molecule is Cl.NC(=Nc1ccc(Br)cc1)Nc1ccc(Br)cc1. The first-order chi connectivity index (χ1) is 8.63. The summed E-state index contributed by atoms with van der Waals surface area (Å²) >= 11 is 6.75. The maximum Gasteiger partial charge on any atom is 0.198 e. The second kappa shape index (κ2) is 7.53. The van der Waals surface area contributed by atoms with Crippen molar-refractivity contribution in [2.45, 2.75) is 0 Å². The molecule has 6 heteroatoms. The van der Waals surface area contributed by atoms with Crippen LogP contribution in [0.1, 0.15) is 0 Å². The molecule has 3 N–H and O–H groups in total. The molecule has 0 saturated carbocycles. The standard InChI is InChI=1S/C13H11Br2N3.ClH/c14-9-1-5-11(6-2-9)17-13(16)18-12-7-3-10(15)4-8-12;/h1-8H,(H3,16,17,18);1H. The lowest BCUT2D eigenvalue weighted by Gasteiger charge is -2.05. The van der Waals surface area contributed by atoms with Crippen LogP contribution in [-0.4, -0.2) is 5.96 Å². The van der Waals surface area contributed by atoms with E-state index in [9.17, 15) is 0 Å². The number of nitrogens with one attached hydrogen (secondary N) is 1. The minimum atomic E-state index is 0. The number of nitrogens with two attached hydrogens (primary N) is 1. The number of benzene rings is 2. The van der Waals surface area contributed by atoms with Gasteiger partial charge in [-0.25, -0.2) is 4.99 Å². The lowest BCUT2D eigenvalue weighted by molar-refractivity contribution is 1.43. The molecule has 0 aliphatic heterocycles. The number of hydrogen-bond donors (Lipinski definition) is 2. The molecule has 0 atom stereocenters. The molecule has 0 spiro atoms. The largest absolute Gasteiger partial charge is 0.369 e. The van der Waals surface area contributed by atoms with Gasteiger partial charge in [0.05, 0.1) is 5.69 Å². The van der Waals surface area contributed by atoms with Gasteiger partial charge in [-0.1, -0.05) is 31.9 Å². The van der Waals surface area contributed by atoms with Crippen LogP contribution in [0.5, 0.6) is 0 Å². The highest BCUT2D eigenvalue weighted by Crippen LogP contribution is 2.17. The second-order valence-corrected chi connectivity index (χ2v) is 5.44. The zero-order valence-electron chi connectivity index (χ0n) is 9.81. The van der Waals surface area contributed by atoms with E-state index in [2.05, 4.69) is 42.2 Å². The third kappa shape index (κ3) is 5.22. The third-order valence-electron chi connectivity index (χ3n) is 2.19. The Morgan fingerprint density at radius 2 is 1.37 bits per heavy atom. The first kappa shape index (κ1) is 16.0. The van der Waals surface area contributed by atoms with E-state index in [1.165, 1.54) is 0 Å². The van der Waals surface area contributed by atoms with Gasteiger partial charge in [0.25, 0.3) is 0 Å². The average Bonchev–Trinajstić information content (AvgIpc) is 2.35. The number of rotatable bonds is 2. The van der Waals surface area contributed by atoms with E-state index in [1.807, 2.05) is 48.5 Å². The van der Waals surface area contributed by atoms with Crippen LogP contribution in [0.3, 0.4) is 0 Å². The highest BCUT2D eigenvalue weighted by molar-refractivity contribution is 9.10. The van der Waals surface area contributed by atoms with Crippen LogP contribution in [0, 0.1) is 0 Å². The molecular weight excluding hydrogens is 393 g/mol. The fourth-order valence-corrected chi connectivity index (χ4v) is 1.89. The molecule has 2 rings (SSSR count). The van der Waals surface area contributed by atoms with Gasteiger partial charge in [-0.2, -0.15) is 0 Å². The fourth-order valence-electron chi connectivity index (χ4n) is 1.36. The summed E-state index contributed by atoms with van der Waals surface area (Å²) < 4.78 is 2.04. The molecule has 0 aromatic heterocycles. The van der Waals surface area contributed by atoms with Crippen molar-refractivity contribution in [2.24, 2.45) is 10.7 Å². The van der Waals surface area contributed by atoms with Crippen molar-refractivity contribution in [2.75, 3.05) is 5.32 Å². The first-order valence-electron chi connectivity index (χ1n) is 5.26.